The summed E-state index contributed by atoms with van der Waals surface area (Å²) in [5.41, 5.74) is 3.45. The molecule has 0 bridgehead atoms. The van der Waals surface area contributed by atoms with Gasteiger partial charge in [-0.3, -0.25) is 14.7 Å². The highest BCUT2D eigenvalue weighted by atomic mass is 32.2. The first kappa shape index (κ1) is 34.2. The van der Waals surface area contributed by atoms with E-state index in [2.05, 4.69) is 20.3 Å². The lowest BCUT2D eigenvalue weighted by atomic mass is 10.0. The van der Waals surface area contributed by atoms with E-state index in [4.69, 9.17) is 4.74 Å². The Morgan fingerprint density at radius 3 is 2.55 bits per heavy atom. The zero-order chi connectivity index (χ0) is 33.6. The number of rotatable bonds is 14. The number of aliphatic hydroxyl groups is 1. The molecule has 0 aliphatic heterocycles. The lowest BCUT2D eigenvalue weighted by molar-refractivity contribution is 0.0876. The largest absolute Gasteiger partial charge is 0.444 e. The summed E-state index contributed by atoms with van der Waals surface area (Å²) in [6.45, 7) is 3.66. The van der Waals surface area contributed by atoms with Crippen molar-refractivity contribution in [2.75, 3.05) is 25.0 Å². The van der Waals surface area contributed by atoms with Gasteiger partial charge in [-0.05, 0) is 48.2 Å². The molecule has 0 radical (unpaired) electrons. The molecule has 2 aromatic carbocycles. The Kier molecular flexibility index (Phi) is 11.0. The van der Waals surface area contributed by atoms with Crippen LogP contribution in [0.15, 0.2) is 83.5 Å². The number of aromatic amines is 1. The van der Waals surface area contributed by atoms with Crippen molar-refractivity contribution in [2.24, 2.45) is 5.92 Å². The van der Waals surface area contributed by atoms with E-state index in [-0.39, 0.29) is 42.8 Å². The average Bonchev–Trinajstić information content (AvgIpc) is 3.85. The van der Waals surface area contributed by atoms with Crippen molar-refractivity contribution >= 4 is 60.0 Å². The van der Waals surface area contributed by atoms with Crippen LogP contribution in [0.3, 0.4) is 0 Å². The lowest BCUT2D eigenvalue weighted by Gasteiger charge is -2.30. The number of hydrogen-bond acceptors (Lipinski definition) is 10. The molecule has 12 nitrogen and oxygen atoms in total. The van der Waals surface area contributed by atoms with Crippen LogP contribution in [0.2, 0.25) is 0 Å². The van der Waals surface area contributed by atoms with E-state index in [1.54, 1.807) is 43.2 Å². The average molecular weight is 697 g/mol. The number of alkyl carbamates (subject to hydrolysis) is 1. The molecule has 0 fully saturated rings. The van der Waals surface area contributed by atoms with Crippen LogP contribution in [0.5, 0.6) is 0 Å². The number of aromatic nitrogens is 3. The van der Waals surface area contributed by atoms with Gasteiger partial charge in [0.15, 0.2) is 5.13 Å². The maximum atomic E-state index is 14.1. The molecule has 0 aliphatic carbocycles. The Balaban J connectivity index is 1.36. The number of nitrogens with one attached hydrogen (secondary N) is 2. The Morgan fingerprint density at radius 2 is 1.87 bits per heavy atom. The van der Waals surface area contributed by atoms with E-state index in [1.807, 2.05) is 44.2 Å². The number of nitrogens with zero attached hydrogens (tertiary/aromatic N) is 4. The van der Waals surface area contributed by atoms with Crippen molar-refractivity contribution in [1.29, 1.82) is 0 Å². The van der Waals surface area contributed by atoms with E-state index in [0.29, 0.717) is 21.0 Å². The fourth-order valence-corrected chi connectivity index (χ4v) is 8.08. The number of amides is 2. The molecule has 0 saturated heterocycles. The molecule has 0 unspecified atom stereocenters. The monoisotopic (exact) mass is 696 g/mol. The van der Waals surface area contributed by atoms with Gasteiger partial charge in [-0.1, -0.05) is 55.5 Å². The van der Waals surface area contributed by atoms with E-state index >= 15 is 0 Å². The number of ether oxygens (including phenoxy) is 1. The van der Waals surface area contributed by atoms with Crippen molar-refractivity contribution in [2.45, 2.75) is 43.9 Å². The third-order valence-corrected chi connectivity index (χ3v) is 10.9. The molecule has 0 saturated carbocycles. The number of anilines is 1. The Bertz CT molecular complexity index is 1880. The van der Waals surface area contributed by atoms with Crippen LogP contribution in [-0.2, 0) is 27.8 Å². The smallest absolute Gasteiger partial charge is 0.407 e. The molecule has 248 valence electrons. The molecule has 5 aromatic rings. The van der Waals surface area contributed by atoms with Crippen molar-refractivity contribution in [1.82, 2.24) is 24.6 Å². The Labute approximate surface area is 281 Å². The van der Waals surface area contributed by atoms with Gasteiger partial charge in [-0.25, -0.2) is 18.2 Å². The van der Waals surface area contributed by atoms with Crippen LogP contribution in [0.4, 0.5) is 9.93 Å². The predicted octanol–water partition coefficient (Wildman–Crippen LogP) is 4.90. The molecule has 0 aliphatic rings. The second-order valence-electron chi connectivity index (χ2n) is 11.3. The van der Waals surface area contributed by atoms with Gasteiger partial charge in [0.2, 0.25) is 10.0 Å². The van der Waals surface area contributed by atoms with Gasteiger partial charge >= 0.3 is 6.09 Å². The number of aliphatic hydroxyl groups excluding tert-OH is 1. The molecule has 3 aromatic heterocycles. The number of carbonyl (C=O) groups is 2. The van der Waals surface area contributed by atoms with Gasteiger partial charge in [-0.15, -0.1) is 11.3 Å². The maximum Gasteiger partial charge on any atom is 0.407 e. The first-order chi connectivity index (χ1) is 22.5. The second kappa shape index (κ2) is 15.2. The Morgan fingerprint density at radius 1 is 1.09 bits per heavy atom. The van der Waals surface area contributed by atoms with E-state index in [9.17, 15) is 23.1 Å². The van der Waals surface area contributed by atoms with Crippen molar-refractivity contribution in [3.05, 3.63) is 94.7 Å². The van der Waals surface area contributed by atoms with Crippen LogP contribution in [0.25, 0.3) is 10.2 Å². The van der Waals surface area contributed by atoms with Crippen molar-refractivity contribution < 1.29 is 27.9 Å². The summed E-state index contributed by atoms with van der Waals surface area (Å²) in [7, 11) is -2.49. The topological polar surface area (TPSA) is 158 Å². The summed E-state index contributed by atoms with van der Waals surface area (Å²) in [4.78, 5) is 39.2. The summed E-state index contributed by atoms with van der Waals surface area (Å²) < 4.78 is 35.4. The number of carbonyl (C=O) groups excluding carboxylic acids is 2. The molecule has 15 heteroatoms. The standard InChI is InChI=1S/C32H36N6O6S3/c1-21(2)17-38(18-28(39)27(14-22-8-5-4-6-9-22)36-32(41)44-19-23-16-33-20-45-23)47(42,43)24-11-12-25-29(15-24)46-31(35-25)37(3)30(40)26-10-7-13-34-26/h4-13,15-16,20-21,27-28,34,39H,14,17-19H2,1-3H3,(H,36,41)/t27-,28+/m0/s1. The maximum absolute atomic E-state index is 14.1. The zero-order valence-electron chi connectivity index (χ0n) is 26.1. The first-order valence-corrected chi connectivity index (χ1v) is 18.0. The highest BCUT2D eigenvalue weighted by Crippen LogP contribution is 2.32. The third kappa shape index (κ3) is 8.61. The molecular formula is C32H36N6O6S3. The van der Waals surface area contributed by atoms with Gasteiger partial charge in [0.05, 0.1) is 37.6 Å². The zero-order valence-corrected chi connectivity index (χ0v) is 28.5. The first-order valence-electron chi connectivity index (χ1n) is 14.9. The third-order valence-electron chi connectivity index (χ3n) is 7.26. The molecule has 2 atom stereocenters. The van der Waals surface area contributed by atoms with Gasteiger partial charge in [0.1, 0.15) is 12.3 Å². The van der Waals surface area contributed by atoms with E-state index < -0.39 is 28.3 Å². The van der Waals surface area contributed by atoms with Crippen molar-refractivity contribution in [3.63, 3.8) is 0 Å². The molecule has 0 spiro atoms. The number of thiazole rings is 2. The summed E-state index contributed by atoms with van der Waals surface area (Å²) in [6, 6.07) is 16.5. The van der Waals surface area contributed by atoms with Crippen LogP contribution >= 0.6 is 22.7 Å². The molecule has 3 N–H and O–H groups in total. The minimum atomic E-state index is -4.10. The lowest BCUT2D eigenvalue weighted by Crippen LogP contribution is -2.51. The molecule has 3 heterocycles. The van der Waals surface area contributed by atoms with Gasteiger partial charge < -0.3 is 20.1 Å². The highest BCUT2D eigenvalue weighted by molar-refractivity contribution is 7.89. The minimum absolute atomic E-state index is 0.0240. The second-order valence-corrected chi connectivity index (χ2v) is 15.3. The summed E-state index contributed by atoms with van der Waals surface area (Å²) in [6.07, 6.45) is 1.51. The van der Waals surface area contributed by atoms with Gasteiger partial charge in [0.25, 0.3) is 5.91 Å². The quantitative estimate of drug-likeness (QED) is 0.148. The molecule has 47 heavy (non-hydrogen) atoms. The summed E-state index contributed by atoms with van der Waals surface area (Å²) in [5, 5.41) is 14.7. The molecular weight excluding hydrogens is 661 g/mol. The number of hydrogen-bond donors (Lipinski definition) is 3. The Hall–Kier alpha value is -4.15. The molecule has 5 rings (SSSR count). The number of benzene rings is 2. The van der Waals surface area contributed by atoms with Crippen LogP contribution in [0, 0.1) is 5.92 Å². The highest BCUT2D eigenvalue weighted by Gasteiger charge is 2.32. The fourth-order valence-electron chi connectivity index (χ4n) is 4.89. The normalized spacial score (nSPS) is 13.1. The summed E-state index contributed by atoms with van der Waals surface area (Å²) >= 11 is 2.55. The summed E-state index contributed by atoms with van der Waals surface area (Å²) in [5.74, 6) is -0.335. The number of H-pyrrole nitrogens is 1. The van der Waals surface area contributed by atoms with Crippen LogP contribution in [-0.4, -0.2) is 77.1 Å². The van der Waals surface area contributed by atoms with Crippen LogP contribution in [0.1, 0.15) is 34.8 Å². The fraction of sp³-hybridized carbons (Fsp3) is 0.312. The van der Waals surface area contributed by atoms with Gasteiger partial charge in [-0.2, -0.15) is 4.31 Å². The SMILES string of the molecule is CC(C)CN(C[C@@H](O)[C@H](Cc1ccccc1)NC(=O)OCc1cncs1)S(=O)(=O)c1ccc2nc(N(C)C(=O)c3ccc[nH]3)sc2c1. The van der Waals surface area contributed by atoms with E-state index in [0.717, 1.165) is 10.4 Å². The van der Waals surface area contributed by atoms with Crippen molar-refractivity contribution in [3.8, 4) is 0 Å². The molecule has 2 amide bonds. The number of fused-ring (bicyclic) bond motifs is 1. The van der Waals surface area contributed by atoms with E-state index in [1.165, 1.54) is 44.0 Å². The minimum Gasteiger partial charge on any atom is -0.444 e. The number of sulfonamides is 1. The van der Waals surface area contributed by atoms with Gasteiger partial charge in [0, 0.05) is 32.5 Å². The predicted molar refractivity (Wildman–Crippen MR) is 182 cm³/mol. The van der Waals surface area contributed by atoms with Crippen LogP contribution < -0.4 is 10.2 Å².